The van der Waals surface area contributed by atoms with E-state index in [1.54, 1.807) is 19.4 Å². The number of aromatic nitrogens is 2. The van der Waals surface area contributed by atoms with Crippen molar-refractivity contribution in [2.75, 3.05) is 0 Å². The third-order valence-corrected chi connectivity index (χ3v) is 5.51. The van der Waals surface area contributed by atoms with Gasteiger partial charge in [0.2, 0.25) is 0 Å². The van der Waals surface area contributed by atoms with E-state index in [2.05, 4.69) is 10.6 Å². The molecule has 0 spiro atoms. The van der Waals surface area contributed by atoms with E-state index < -0.39 is 11.7 Å². The average molecular weight is 417 g/mol. The van der Waals surface area contributed by atoms with E-state index in [0.29, 0.717) is 10.9 Å². The highest BCUT2D eigenvalue weighted by molar-refractivity contribution is 6.07. The second kappa shape index (κ2) is 8.16. The van der Waals surface area contributed by atoms with Gasteiger partial charge in [0.25, 0.3) is 11.5 Å². The Morgan fingerprint density at radius 2 is 1.63 bits per heavy atom. The van der Waals surface area contributed by atoms with Gasteiger partial charge in [0.1, 0.15) is 5.60 Å². The number of ether oxygens (including phenoxy) is 1. The highest BCUT2D eigenvalue weighted by Gasteiger charge is 2.30. The molecule has 0 aliphatic heterocycles. The monoisotopic (exact) mass is 416 g/mol. The molecule has 8 nitrogen and oxygen atoms in total. The molecule has 0 saturated heterocycles. The van der Waals surface area contributed by atoms with Crippen molar-refractivity contribution in [3.05, 3.63) is 33.9 Å². The molecule has 2 aromatic rings. The minimum atomic E-state index is -0.585. The molecule has 1 fully saturated rings. The van der Waals surface area contributed by atoms with Crippen LogP contribution < -0.4 is 16.2 Å². The Hall–Kier alpha value is -2.77. The highest BCUT2D eigenvalue weighted by atomic mass is 16.6. The first-order chi connectivity index (χ1) is 14.0. The third-order valence-electron chi connectivity index (χ3n) is 5.51. The van der Waals surface area contributed by atoms with Gasteiger partial charge in [-0.25, -0.2) is 4.79 Å². The van der Waals surface area contributed by atoms with Crippen molar-refractivity contribution in [2.45, 2.75) is 71.1 Å². The van der Waals surface area contributed by atoms with Crippen LogP contribution in [0.5, 0.6) is 0 Å². The largest absolute Gasteiger partial charge is 0.444 e. The van der Waals surface area contributed by atoms with E-state index >= 15 is 0 Å². The Labute approximate surface area is 176 Å². The Morgan fingerprint density at radius 3 is 2.23 bits per heavy atom. The summed E-state index contributed by atoms with van der Waals surface area (Å²) in [5.41, 5.74) is 1.26. The fourth-order valence-corrected chi connectivity index (χ4v) is 4.26. The first-order valence-electron chi connectivity index (χ1n) is 10.4. The summed E-state index contributed by atoms with van der Waals surface area (Å²) in [6.45, 7) is 7.37. The summed E-state index contributed by atoms with van der Waals surface area (Å²) in [6.07, 6.45) is 6.45. The van der Waals surface area contributed by atoms with Gasteiger partial charge < -0.3 is 24.5 Å². The number of alkyl carbamates (subject to hydrolysis) is 1. The van der Waals surface area contributed by atoms with Crippen molar-refractivity contribution in [2.24, 2.45) is 14.1 Å². The lowest BCUT2D eigenvalue weighted by Crippen LogP contribution is -2.54. The number of amides is 2. The molecule has 8 heteroatoms. The van der Waals surface area contributed by atoms with Crippen LogP contribution in [0.3, 0.4) is 0 Å². The van der Waals surface area contributed by atoms with Gasteiger partial charge in [0.05, 0.1) is 22.5 Å². The molecule has 2 amide bonds. The number of rotatable bonds is 3. The summed E-state index contributed by atoms with van der Waals surface area (Å²) >= 11 is 0. The van der Waals surface area contributed by atoms with Gasteiger partial charge in [-0.3, -0.25) is 9.59 Å². The first-order valence-corrected chi connectivity index (χ1v) is 10.4. The molecular weight excluding hydrogens is 384 g/mol. The summed E-state index contributed by atoms with van der Waals surface area (Å²) < 4.78 is 8.69. The minimum absolute atomic E-state index is 0.201. The summed E-state index contributed by atoms with van der Waals surface area (Å²) in [4.78, 5) is 38.1. The van der Waals surface area contributed by atoms with E-state index in [9.17, 15) is 14.4 Å². The molecule has 30 heavy (non-hydrogen) atoms. The van der Waals surface area contributed by atoms with Crippen LogP contribution in [0.1, 0.15) is 62.4 Å². The number of carbonyl (C=O) groups excluding carboxylic acids is 2. The zero-order chi connectivity index (χ0) is 22.2. The molecule has 1 saturated carbocycles. The lowest BCUT2D eigenvalue weighted by atomic mass is 9.90. The molecular formula is C22H32N4O4. The molecule has 3 rings (SSSR count). The van der Waals surface area contributed by atoms with Crippen LogP contribution in [-0.4, -0.2) is 38.8 Å². The van der Waals surface area contributed by atoms with Gasteiger partial charge in [-0.05, 0) is 46.1 Å². The first kappa shape index (κ1) is 21.9. The van der Waals surface area contributed by atoms with Crippen LogP contribution in [0.15, 0.2) is 17.2 Å². The highest BCUT2D eigenvalue weighted by Crippen LogP contribution is 2.23. The van der Waals surface area contributed by atoms with Gasteiger partial charge >= 0.3 is 6.09 Å². The number of aryl methyl sites for hydroxylation is 3. The predicted molar refractivity (Wildman–Crippen MR) is 116 cm³/mol. The Balaban J connectivity index is 1.84. The second-order valence-electron chi connectivity index (χ2n) is 9.22. The fraction of sp³-hybridized carbons (Fsp3) is 0.591. The van der Waals surface area contributed by atoms with E-state index in [1.165, 1.54) is 4.57 Å². The second-order valence-corrected chi connectivity index (χ2v) is 9.22. The maximum atomic E-state index is 13.2. The predicted octanol–water partition coefficient (Wildman–Crippen LogP) is 2.75. The lowest BCUT2D eigenvalue weighted by molar-refractivity contribution is 0.0475. The van der Waals surface area contributed by atoms with Crippen molar-refractivity contribution in [3.63, 3.8) is 0 Å². The van der Waals surface area contributed by atoms with Gasteiger partial charge in [0, 0.05) is 32.5 Å². The van der Waals surface area contributed by atoms with Crippen LogP contribution in [-0.2, 0) is 18.8 Å². The summed E-state index contributed by atoms with van der Waals surface area (Å²) in [7, 11) is 3.52. The Morgan fingerprint density at radius 1 is 1.03 bits per heavy atom. The number of nitrogens with zero attached hydrogens (tertiary/aromatic N) is 2. The van der Waals surface area contributed by atoms with Gasteiger partial charge in [-0.1, -0.05) is 12.8 Å². The number of hydrogen-bond acceptors (Lipinski definition) is 4. The lowest BCUT2D eigenvalue weighted by Gasteiger charge is -2.33. The minimum Gasteiger partial charge on any atom is -0.444 e. The Kier molecular flexibility index (Phi) is 5.97. The SMILES string of the molecule is Cc1cn(C)c(=O)c2c(C(=O)N[C@H]3CCCC[C@@H]3NC(=O)OC(C)(C)C)cn(C)c12. The van der Waals surface area contributed by atoms with Gasteiger partial charge in [0.15, 0.2) is 0 Å². The van der Waals surface area contributed by atoms with Crippen molar-refractivity contribution in [1.29, 1.82) is 0 Å². The number of fused-ring (bicyclic) bond motifs is 1. The van der Waals surface area contributed by atoms with Crippen LogP contribution in [0, 0.1) is 6.92 Å². The average Bonchev–Trinajstić information content (AvgIpc) is 2.98. The molecule has 0 bridgehead atoms. The van der Waals surface area contributed by atoms with E-state index in [0.717, 1.165) is 36.8 Å². The Bertz CT molecular complexity index is 1030. The fourth-order valence-electron chi connectivity index (χ4n) is 4.26. The maximum Gasteiger partial charge on any atom is 0.407 e. The van der Waals surface area contributed by atoms with E-state index in [-0.39, 0.29) is 23.6 Å². The molecule has 2 aromatic heterocycles. The number of carbonyl (C=O) groups is 2. The topological polar surface area (TPSA) is 94.4 Å². The summed E-state index contributed by atoms with van der Waals surface area (Å²) in [5, 5.41) is 6.38. The van der Waals surface area contributed by atoms with Crippen molar-refractivity contribution in [3.8, 4) is 0 Å². The number of nitrogens with one attached hydrogen (secondary N) is 2. The van der Waals surface area contributed by atoms with Gasteiger partial charge in [-0.15, -0.1) is 0 Å². The molecule has 2 heterocycles. The van der Waals surface area contributed by atoms with Crippen LogP contribution >= 0.6 is 0 Å². The summed E-state index contributed by atoms with van der Waals surface area (Å²) in [5.74, 6) is -0.300. The maximum absolute atomic E-state index is 13.2. The summed E-state index contributed by atoms with van der Waals surface area (Å²) in [6, 6.07) is -0.431. The van der Waals surface area contributed by atoms with E-state index in [1.807, 2.05) is 39.3 Å². The van der Waals surface area contributed by atoms with Crippen LogP contribution in [0.4, 0.5) is 4.79 Å². The molecule has 164 valence electrons. The number of pyridine rings is 1. The van der Waals surface area contributed by atoms with Crippen molar-refractivity contribution < 1.29 is 14.3 Å². The normalized spacial score (nSPS) is 19.5. The van der Waals surface area contributed by atoms with Crippen molar-refractivity contribution in [1.82, 2.24) is 19.8 Å². The third kappa shape index (κ3) is 4.52. The van der Waals surface area contributed by atoms with Crippen LogP contribution in [0.25, 0.3) is 10.9 Å². The van der Waals surface area contributed by atoms with E-state index in [4.69, 9.17) is 4.74 Å². The zero-order valence-corrected chi connectivity index (χ0v) is 18.7. The smallest absolute Gasteiger partial charge is 0.407 e. The quantitative estimate of drug-likeness (QED) is 0.804. The molecule has 1 aliphatic rings. The molecule has 2 N–H and O–H groups in total. The molecule has 2 atom stereocenters. The van der Waals surface area contributed by atoms with Crippen molar-refractivity contribution >= 4 is 22.9 Å². The molecule has 0 radical (unpaired) electrons. The number of hydrogen-bond donors (Lipinski definition) is 2. The van der Waals surface area contributed by atoms with Gasteiger partial charge in [-0.2, -0.15) is 0 Å². The molecule has 0 aromatic carbocycles. The standard InChI is InChI=1S/C22H32N4O4/c1-13-11-26(6)20(28)17-14(12-25(5)18(13)17)19(27)23-15-9-7-8-10-16(15)24-21(29)30-22(2,3)4/h11-12,15-16H,7-10H2,1-6H3,(H,23,27)(H,24,29)/t15-,16-/m0/s1. The van der Waals surface area contributed by atoms with Crippen LogP contribution in [0.2, 0.25) is 0 Å². The molecule has 0 unspecified atom stereocenters. The zero-order valence-electron chi connectivity index (χ0n) is 18.7. The molecule has 1 aliphatic carbocycles.